The van der Waals surface area contributed by atoms with Crippen LogP contribution < -0.4 is 5.73 Å². The van der Waals surface area contributed by atoms with Crippen molar-refractivity contribution in [1.29, 1.82) is 0 Å². The molecule has 2 aromatic rings. The van der Waals surface area contributed by atoms with Crippen LogP contribution in [0.15, 0.2) is 29.0 Å². The van der Waals surface area contributed by atoms with Crippen LogP contribution in [-0.4, -0.2) is 18.5 Å². The highest BCUT2D eigenvalue weighted by molar-refractivity contribution is 7.10. The third kappa shape index (κ3) is 3.68. The van der Waals surface area contributed by atoms with Gasteiger partial charge in [-0.15, -0.1) is 22.7 Å². The molecule has 0 fully saturated rings. The summed E-state index contributed by atoms with van der Waals surface area (Å²) in [5, 5.41) is 4.22. The number of hydrogen-bond donors (Lipinski definition) is 1. The van der Waals surface area contributed by atoms with Crippen LogP contribution in [0.5, 0.6) is 0 Å². The first-order valence-corrected chi connectivity index (χ1v) is 7.97. The van der Waals surface area contributed by atoms with E-state index in [1.807, 2.05) is 11.3 Å². The summed E-state index contributed by atoms with van der Waals surface area (Å²) in [6, 6.07) is 6.80. The van der Waals surface area contributed by atoms with Gasteiger partial charge in [-0.05, 0) is 36.9 Å². The van der Waals surface area contributed by atoms with Crippen molar-refractivity contribution in [3.8, 4) is 11.8 Å². The summed E-state index contributed by atoms with van der Waals surface area (Å²) >= 11 is 3.57. The molecule has 0 aromatic carbocycles. The summed E-state index contributed by atoms with van der Waals surface area (Å²) < 4.78 is 0. The lowest BCUT2D eigenvalue weighted by molar-refractivity contribution is 0.258. The summed E-state index contributed by atoms with van der Waals surface area (Å²) in [7, 11) is 2.16. The molecule has 2 rings (SSSR count). The van der Waals surface area contributed by atoms with E-state index in [4.69, 9.17) is 5.73 Å². The number of thiophene rings is 2. The van der Waals surface area contributed by atoms with E-state index < -0.39 is 0 Å². The third-order valence-corrected chi connectivity index (χ3v) is 5.03. The van der Waals surface area contributed by atoms with Crippen LogP contribution in [0.25, 0.3) is 0 Å². The van der Waals surface area contributed by atoms with Crippen molar-refractivity contribution in [3.05, 3.63) is 44.3 Å². The highest BCUT2D eigenvalue weighted by atomic mass is 32.1. The first-order chi connectivity index (χ1) is 9.22. The molecule has 1 atom stereocenters. The van der Waals surface area contributed by atoms with Crippen LogP contribution in [0, 0.1) is 11.8 Å². The minimum atomic E-state index is 0.413. The minimum absolute atomic E-state index is 0.413. The fourth-order valence-electron chi connectivity index (χ4n) is 1.83. The van der Waals surface area contributed by atoms with Crippen LogP contribution in [0.2, 0.25) is 0 Å². The van der Waals surface area contributed by atoms with Crippen LogP contribution >= 0.6 is 22.7 Å². The van der Waals surface area contributed by atoms with Crippen molar-refractivity contribution < 1.29 is 0 Å². The van der Waals surface area contributed by atoms with Crippen LogP contribution in [0.4, 0.5) is 0 Å². The molecule has 0 aliphatic rings. The van der Waals surface area contributed by atoms with Crippen molar-refractivity contribution >= 4 is 22.7 Å². The van der Waals surface area contributed by atoms with Crippen molar-refractivity contribution in [2.24, 2.45) is 5.73 Å². The second-order valence-corrected chi connectivity index (χ2v) is 6.35. The molecule has 0 radical (unpaired) electrons. The zero-order valence-electron chi connectivity index (χ0n) is 11.2. The Balaban J connectivity index is 2.07. The topological polar surface area (TPSA) is 29.3 Å². The molecule has 19 heavy (non-hydrogen) atoms. The van der Waals surface area contributed by atoms with Gasteiger partial charge in [0, 0.05) is 27.9 Å². The molecule has 0 saturated heterocycles. The van der Waals surface area contributed by atoms with E-state index in [0.29, 0.717) is 12.6 Å². The van der Waals surface area contributed by atoms with Gasteiger partial charge in [0.2, 0.25) is 0 Å². The molecule has 2 nitrogen and oxygen atoms in total. The molecule has 2 heterocycles. The molecule has 0 bridgehead atoms. The van der Waals surface area contributed by atoms with E-state index in [0.717, 1.165) is 12.1 Å². The molecule has 1 unspecified atom stereocenters. The van der Waals surface area contributed by atoms with Crippen molar-refractivity contribution in [2.45, 2.75) is 19.5 Å². The van der Waals surface area contributed by atoms with Crippen molar-refractivity contribution in [3.63, 3.8) is 0 Å². The van der Waals surface area contributed by atoms with E-state index in [2.05, 4.69) is 59.7 Å². The predicted octanol–water partition coefficient (Wildman–Crippen LogP) is 3.31. The van der Waals surface area contributed by atoms with Gasteiger partial charge in [0.25, 0.3) is 0 Å². The lowest BCUT2D eigenvalue weighted by atomic mass is 10.2. The number of nitrogens with two attached hydrogens (primary N) is 1. The largest absolute Gasteiger partial charge is 0.320 e. The monoisotopic (exact) mass is 290 g/mol. The third-order valence-electron chi connectivity index (χ3n) is 3.08. The zero-order valence-corrected chi connectivity index (χ0v) is 12.9. The molecule has 2 aromatic heterocycles. The second kappa shape index (κ2) is 6.88. The smallest absolute Gasteiger partial charge is 0.0555 e. The van der Waals surface area contributed by atoms with Gasteiger partial charge in [0.05, 0.1) is 6.54 Å². The highest BCUT2D eigenvalue weighted by Crippen LogP contribution is 2.26. The highest BCUT2D eigenvalue weighted by Gasteiger charge is 2.14. The van der Waals surface area contributed by atoms with E-state index in [-0.39, 0.29) is 0 Å². The van der Waals surface area contributed by atoms with Gasteiger partial charge in [-0.3, -0.25) is 4.90 Å². The Labute approximate surface area is 122 Å². The summed E-state index contributed by atoms with van der Waals surface area (Å²) in [5.41, 5.74) is 6.54. The number of rotatable bonds is 4. The van der Waals surface area contributed by atoms with Gasteiger partial charge in [-0.2, -0.15) is 0 Å². The summed E-state index contributed by atoms with van der Waals surface area (Å²) in [5.74, 6) is 6.07. The van der Waals surface area contributed by atoms with Crippen molar-refractivity contribution in [1.82, 2.24) is 4.90 Å². The maximum absolute atomic E-state index is 5.43. The fourth-order valence-corrected chi connectivity index (χ4v) is 3.57. The van der Waals surface area contributed by atoms with Gasteiger partial charge in [0.1, 0.15) is 0 Å². The molecular weight excluding hydrogens is 272 g/mol. The van der Waals surface area contributed by atoms with Crippen LogP contribution in [-0.2, 0) is 6.54 Å². The number of nitrogens with zero attached hydrogens (tertiary/aromatic N) is 1. The lowest BCUT2D eigenvalue weighted by Gasteiger charge is -2.23. The molecule has 0 aliphatic carbocycles. The Hall–Kier alpha value is -1.12. The normalized spacial score (nSPS) is 12.2. The molecule has 4 heteroatoms. The average Bonchev–Trinajstić information content (AvgIpc) is 3.07. The van der Waals surface area contributed by atoms with Gasteiger partial charge in [-0.1, -0.05) is 17.9 Å². The first-order valence-electron chi connectivity index (χ1n) is 6.21. The van der Waals surface area contributed by atoms with Crippen molar-refractivity contribution in [2.75, 3.05) is 13.6 Å². The summed E-state index contributed by atoms with van der Waals surface area (Å²) in [6.07, 6.45) is 0. The Bertz CT molecular complexity index is 560. The Kier molecular flexibility index (Phi) is 5.17. The average molecular weight is 290 g/mol. The Morgan fingerprint density at radius 2 is 2.16 bits per heavy atom. The van der Waals surface area contributed by atoms with Gasteiger partial charge in [0.15, 0.2) is 0 Å². The van der Waals surface area contributed by atoms with Gasteiger partial charge in [-0.25, -0.2) is 0 Å². The Morgan fingerprint density at radius 1 is 1.32 bits per heavy atom. The molecular formula is C15H18N2S2. The molecule has 2 N–H and O–H groups in total. The van der Waals surface area contributed by atoms with E-state index >= 15 is 0 Å². The quantitative estimate of drug-likeness (QED) is 0.875. The summed E-state index contributed by atoms with van der Waals surface area (Å²) in [6.45, 7) is 3.58. The van der Waals surface area contributed by atoms with Crippen LogP contribution in [0.3, 0.4) is 0 Å². The predicted molar refractivity (Wildman–Crippen MR) is 84.5 cm³/mol. The molecule has 0 amide bonds. The zero-order chi connectivity index (χ0) is 13.7. The SMILES string of the molecule is CC(c1cccs1)N(C)Cc1sccc1C#CCN. The number of hydrogen-bond acceptors (Lipinski definition) is 4. The lowest BCUT2D eigenvalue weighted by Crippen LogP contribution is -2.21. The van der Waals surface area contributed by atoms with Gasteiger partial charge >= 0.3 is 0 Å². The maximum Gasteiger partial charge on any atom is 0.0555 e. The van der Waals surface area contributed by atoms with E-state index in [1.165, 1.54) is 9.75 Å². The maximum atomic E-state index is 5.43. The minimum Gasteiger partial charge on any atom is -0.320 e. The molecule has 0 saturated carbocycles. The Morgan fingerprint density at radius 3 is 2.84 bits per heavy atom. The van der Waals surface area contributed by atoms with E-state index in [9.17, 15) is 0 Å². The molecule has 0 spiro atoms. The molecule has 100 valence electrons. The fraction of sp³-hybridized carbons (Fsp3) is 0.333. The second-order valence-electron chi connectivity index (χ2n) is 4.37. The van der Waals surface area contributed by atoms with Gasteiger partial charge < -0.3 is 5.73 Å². The van der Waals surface area contributed by atoms with E-state index in [1.54, 1.807) is 11.3 Å². The van der Waals surface area contributed by atoms with Crippen LogP contribution in [0.1, 0.15) is 28.3 Å². The standard InChI is InChI=1S/C15H18N2S2/c1-12(14-6-4-9-18-14)17(2)11-15-13(5-3-8-16)7-10-19-15/h4,6-7,9-10,12H,8,11,16H2,1-2H3. The molecule has 0 aliphatic heterocycles. The first kappa shape index (κ1) is 14.3. The summed E-state index contributed by atoms with van der Waals surface area (Å²) in [4.78, 5) is 5.06.